The maximum atomic E-state index is 11.9. The van der Waals surface area contributed by atoms with Crippen LogP contribution in [0.4, 0.5) is 0 Å². The van der Waals surface area contributed by atoms with Crippen molar-refractivity contribution in [3.63, 3.8) is 0 Å². The summed E-state index contributed by atoms with van der Waals surface area (Å²) in [7, 11) is 0. The van der Waals surface area contributed by atoms with Gasteiger partial charge in [0, 0.05) is 34.9 Å². The summed E-state index contributed by atoms with van der Waals surface area (Å²) in [6, 6.07) is 5.57. The van der Waals surface area contributed by atoms with E-state index in [2.05, 4.69) is 0 Å². The highest BCUT2D eigenvalue weighted by Gasteiger charge is 2.23. The summed E-state index contributed by atoms with van der Waals surface area (Å²) in [6.45, 7) is 1.46. The predicted molar refractivity (Wildman–Crippen MR) is 89.0 cm³/mol. The minimum absolute atomic E-state index is 0. The van der Waals surface area contributed by atoms with Crippen LogP contribution in [0.1, 0.15) is 12.0 Å². The van der Waals surface area contributed by atoms with Crippen LogP contribution in [0.15, 0.2) is 18.2 Å². The van der Waals surface area contributed by atoms with Crippen molar-refractivity contribution in [3.05, 3.63) is 33.8 Å². The van der Waals surface area contributed by atoms with E-state index in [1.807, 2.05) is 17.0 Å². The Balaban J connectivity index is 0.00000200. The summed E-state index contributed by atoms with van der Waals surface area (Å²) in [6.07, 6.45) is 0.902. The molecule has 20 heavy (non-hydrogen) atoms. The van der Waals surface area contributed by atoms with E-state index in [-0.39, 0.29) is 24.4 Å². The molecule has 0 aromatic heterocycles. The van der Waals surface area contributed by atoms with Crippen molar-refractivity contribution in [3.8, 4) is 0 Å². The summed E-state index contributed by atoms with van der Waals surface area (Å²) in [5, 5.41) is 1.27. The van der Waals surface area contributed by atoms with Gasteiger partial charge in [-0.3, -0.25) is 4.79 Å². The van der Waals surface area contributed by atoms with Gasteiger partial charge >= 0.3 is 0 Å². The Bertz CT molecular complexity index is 473. The summed E-state index contributed by atoms with van der Waals surface area (Å²) in [5.41, 5.74) is 6.79. The molecule has 112 valence electrons. The van der Waals surface area contributed by atoms with Gasteiger partial charge in [-0.2, -0.15) is 0 Å². The number of nitrogens with two attached hydrogens (primary N) is 1. The van der Waals surface area contributed by atoms with Gasteiger partial charge < -0.3 is 10.6 Å². The van der Waals surface area contributed by atoms with Gasteiger partial charge in [0.25, 0.3) is 0 Å². The second-order valence-electron chi connectivity index (χ2n) is 4.62. The van der Waals surface area contributed by atoms with E-state index in [9.17, 15) is 4.79 Å². The van der Waals surface area contributed by atoms with Gasteiger partial charge in [0.05, 0.1) is 5.75 Å². The SMILES string of the molecule is Cl.N[C@@H]1CCN(C(=O)CSCc2ccc(Cl)cc2Cl)C1. The minimum Gasteiger partial charge on any atom is -0.340 e. The highest BCUT2D eigenvalue weighted by Crippen LogP contribution is 2.25. The Morgan fingerprint density at radius 1 is 1.45 bits per heavy atom. The molecule has 1 aliphatic heterocycles. The van der Waals surface area contributed by atoms with Crippen LogP contribution in [0.3, 0.4) is 0 Å². The molecule has 0 radical (unpaired) electrons. The zero-order valence-corrected chi connectivity index (χ0v) is 14.0. The van der Waals surface area contributed by atoms with Crippen LogP contribution >= 0.6 is 47.4 Å². The number of carbonyl (C=O) groups is 1. The van der Waals surface area contributed by atoms with Crippen LogP contribution in [0.5, 0.6) is 0 Å². The topological polar surface area (TPSA) is 46.3 Å². The fourth-order valence-corrected chi connectivity index (χ4v) is 3.48. The van der Waals surface area contributed by atoms with E-state index in [0.717, 1.165) is 18.5 Å². The molecule has 1 aromatic rings. The zero-order valence-electron chi connectivity index (χ0n) is 10.9. The van der Waals surface area contributed by atoms with Crippen LogP contribution in [0.25, 0.3) is 0 Å². The predicted octanol–water partition coefficient (Wildman–Crippen LogP) is 3.21. The van der Waals surface area contributed by atoms with Gasteiger partial charge in [-0.05, 0) is 24.1 Å². The van der Waals surface area contributed by atoms with Crippen LogP contribution in [-0.4, -0.2) is 35.7 Å². The molecule has 1 aromatic carbocycles. The largest absolute Gasteiger partial charge is 0.340 e. The third kappa shape index (κ3) is 5.01. The lowest BCUT2D eigenvalue weighted by atomic mass is 10.2. The van der Waals surface area contributed by atoms with E-state index >= 15 is 0 Å². The number of halogens is 3. The number of thioether (sulfide) groups is 1. The average molecular weight is 356 g/mol. The number of carbonyl (C=O) groups excluding carboxylic acids is 1. The molecule has 1 saturated heterocycles. The molecule has 1 atom stereocenters. The molecule has 0 aliphatic carbocycles. The number of hydrogen-bond donors (Lipinski definition) is 1. The number of hydrogen-bond acceptors (Lipinski definition) is 3. The smallest absolute Gasteiger partial charge is 0.232 e. The molecular weight excluding hydrogens is 339 g/mol. The fourth-order valence-electron chi connectivity index (χ4n) is 1.99. The Labute approximate surface area is 139 Å². The normalized spacial score (nSPS) is 17.9. The van der Waals surface area contributed by atoms with E-state index in [4.69, 9.17) is 28.9 Å². The van der Waals surface area contributed by atoms with Crippen LogP contribution in [0.2, 0.25) is 10.0 Å². The Kier molecular flexibility index (Phi) is 7.48. The first-order valence-electron chi connectivity index (χ1n) is 6.11. The number of benzene rings is 1. The zero-order chi connectivity index (χ0) is 13.8. The second-order valence-corrected chi connectivity index (χ2v) is 6.45. The van der Waals surface area contributed by atoms with Gasteiger partial charge in [-0.25, -0.2) is 0 Å². The standard InChI is InChI=1S/C13H16Cl2N2OS.ClH/c14-10-2-1-9(12(15)5-10)7-19-8-13(18)17-4-3-11(16)6-17;/h1-2,5,11H,3-4,6-8,16H2;1H/t11-;/m1./s1. The van der Waals surface area contributed by atoms with E-state index in [1.54, 1.807) is 17.8 Å². The first-order chi connectivity index (χ1) is 9.06. The molecular formula is C13H17Cl3N2OS. The van der Waals surface area contributed by atoms with Crippen molar-refractivity contribution >= 4 is 53.3 Å². The summed E-state index contributed by atoms with van der Waals surface area (Å²) in [5.74, 6) is 1.33. The molecule has 3 nitrogen and oxygen atoms in total. The summed E-state index contributed by atoms with van der Waals surface area (Å²) < 4.78 is 0. The first kappa shape index (κ1) is 17.9. The average Bonchev–Trinajstić information content (AvgIpc) is 2.78. The van der Waals surface area contributed by atoms with Crippen molar-refractivity contribution < 1.29 is 4.79 Å². The third-order valence-corrected chi connectivity index (χ3v) is 4.63. The second kappa shape index (κ2) is 8.35. The highest BCUT2D eigenvalue weighted by molar-refractivity contribution is 7.99. The Morgan fingerprint density at radius 2 is 2.20 bits per heavy atom. The lowest BCUT2D eigenvalue weighted by Crippen LogP contribution is -2.33. The molecule has 1 fully saturated rings. The van der Waals surface area contributed by atoms with Gasteiger partial charge in [0.2, 0.25) is 5.91 Å². The molecule has 2 N–H and O–H groups in total. The molecule has 1 amide bonds. The molecule has 0 spiro atoms. The highest BCUT2D eigenvalue weighted by atomic mass is 35.5. The Hall–Kier alpha value is -0.130. The van der Waals surface area contributed by atoms with E-state index in [1.165, 1.54) is 0 Å². The maximum Gasteiger partial charge on any atom is 0.232 e. The van der Waals surface area contributed by atoms with Crippen molar-refractivity contribution in [2.45, 2.75) is 18.2 Å². The van der Waals surface area contributed by atoms with Crippen molar-refractivity contribution in [2.75, 3.05) is 18.8 Å². The molecule has 2 rings (SSSR count). The van der Waals surface area contributed by atoms with Crippen molar-refractivity contribution in [1.29, 1.82) is 0 Å². The monoisotopic (exact) mass is 354 g/mol. The Morgan fingerprint density at radius 3 is 2.80 bits per heavy atom. The number of likely N-dealkylation sites (tertiary alicyclic amines) is 1. The van der Waals surface area contributed by atoms with Gasteiger partial charge in [0.15, 0.2) is 0 Å². The number of nitrogens with zero attached hydrogens (tertiary/aromatic N) is 1. The fraction of sp³-hybridized carbons (Fsp3) is 0.462. The van der Waals surface area contributed by atoms with Crippen molar-refractivity contribution in [1.82, 2.24) is 4.90 Å². The van der Waals surface area contributed by atoms with Crippen LogP contribution in [-0.2, 0) is 10.5 Å². The molecule has 0 saturated carbocycles. The van der Waals surface area contributed by atoms with Gasteiger partial charge in [0.1, 0.15) is 0 Å². The van der Waals surface area contributed by atoms with E-state index in [0.29, 0.717) is 28.1 Å². The molecule has 1 heterocycles. The van der Waals surface area contributed by atoms with E-state index < -0.39 is 0 Å². The van der Waals surface area contributed by atoms with Gasteiger partial charge in [-0.15, -0.1) is 24.2 Å². The number of amides is 1. The molecule has 0 unspecified atom stereocenters. The summed E-state index contributed by atoms with van der Waals surface area (Å²) >= 11 is 13.5. The van der Waals surface area contributed by atoms with Crippen molar-refractivity contribution in [2.24, 2.45) is 5.73 Å². The van der Waals surface area contributed by atoms with Crippen LogP contribution in [0, 0.1) is 0 Å². The maximum absolute atomic E-state index is 11.9. The summed E-state index contributed by atoms with van der Waals surface area (Å²) in [4.78, 5) is 13.8. The lowest BCUT2D eigenvalue weighted by molar-refractivity contribution is -0.127. The molecule has 0 bridgehead atoms. The third-order valence-electron chi connectivity index (χ3n) is 3.08. The molecule has 7 heteroatoms. The lowest BCUT2D eigenvalue weighted by Gasteiger charge is -2.15. The van der Waals surface area contributed by atoms with Crippen LogP contribution < -0.4 is 5.73 Å². The minimum atomic E-state index is 0. The van der Waals surface area contributed by atoms with Gasteiger partial charge in [-0.1, -0.05) is 29.3 Å². The quantitative estimate of drug-likeness (QED) is 0.902. The molecule has 1 aliphatic rings. The first-order valence-corrected chi connectivity index (χ1v) is 8.02. The number of rotatable bonds is 4.